The minimum absolute atomic E-state index is 0.0977. The highest BCUT2D eigenvalue weighted by Crippen LogP contribution is 2.18. The molecule has 20 heavy (non-hydrogen) atoms. The lowest BCUT2D eigenvalue weighted by molar-refractivity contribution is 0.276. The van der Waals surface area contributed by atoms with E-state index in [9.17, 15) is 8.42 Å². The monoisotopic (exact) mass is 313 g/mol. The van der Waals surface area contributed by atoms with Gasteiger partial charge in [0.15, 0.2) is 5.11 Å². The van der Waals surface area contributed by atoms with Crippen molar-refractivity contribution in [2.45, 2.75) is 24.7 Å². The highest BCUT2D eigenvalue weighted by Gasteiger charge is 2.18. The van der Waals surface area contributed by atoms with E-state index in [2.05, 4.69) is 17.1 Å². The number of thiocarbonyl (C=S) groups is 1. The SMILES string of the molecule is C[C@H]1CCCN(C(=S)Nc2ccc(S(N)(=O)=O)cc2)C1. The first-order valence-corrected chi connectivity index (χ1v) is 8.50. The summed E-state index contributed by atoms with van der Waals surface area (Å²) in [5.41, 5.74) is 0.764. The van der Waals surface area contributed by atoms with Crippen LogP contribution in [0.15, 0.2) is 29.2 Å². The maximum absolute atomic E-state index is 11.2. The van der Waals surface area contributed by atoms with Crippen molar-refractivity contribution in [3.63, 3.8) is 0 Å². The fourth-order valence-electron chi connectivity index (χ4n) is 2.30. The van der Waals surface area contributed by atoms with Crippen LogP contribution in [0.1, 0.15) is 19.8 Å². The summed E-state index contributed by atoms with van der Waals surface area (Å²) in [6.07, 6.45) is 2.38. The average Bonchev–Trinajstić information content (AvgIpc) is 2.38. The molecular formula is C13H19N3O2S2. The molecule has 1 aromatic carbocycles. The van der Waals surface area contributed by atoms with Crippen LogP contribution in [-0.2, 0) is 10.0 Å². The number of hydrogen-bond donors (Lipinski definition) is 2. The first kappa shape index (κ1) is 15.2. The van der Waals surface area contributed by atoms with E-state index in [0.29, 0.717) is 11.0 Å². The van der Waals surface area contributed by atoms with Crippen molar-refractivity contribution in [1.82, 2.24) is 4.90 Å². The summed E-state index contributed by atoms with van der Waals surface area (Å²) in [6, 6.07) is 6.27. The fraction of sp³-hybridized carbons (Fsp3) is 0.462. The van der Waals surface area contributed by atoms with Crippen LogP contribution in [0.25, 0.3) is 0 Å². The van der Waals surface area contributed by atoms with E-state index in [0.717, 1.165) is 25.2 Å². The zero-order valence-corrected chi connectivity index (χ0v) is 13.0. The van der Waals surface area contributed by atoms with Gasteiger partial charge in [0.05, 0.1) is 4.90 Å². The molecule has 0 amide bonds. The van der Waals surface area contributed by atoms with Gasteiger partial charge in [-0.25, -0.2) is 13.6 Å². The average molecular weight is 313 g/mol. The Morgan fingerprint density at radius 1 is 1.40 bits per heavy atom. The summed E-state index contributed by atoms with van der Waals surface area (Å²) in [5, 5.41) is 8.87. The van der Waals surface area contributed by atoms with E-state index < -0.39 is 10.0 Å². The van der Waals surface area contributed by atoms with Gasteiger partial charge in [0.1, 0.15) is 0 Å². The Bertz CT molecular complexity index is 584. The third-order valence-corrected chi connectivity index (χ3v) is 4.67. The molecule has 0 spiro atoms. The van der Waals surface area contributed by atoms with Crippen LogP contribution in [0, 0.1) is 5.92 Å². The molecule has 3 N–H and O–H groups in total. The number of benzene rings is 1. The second-order valence-electron chi connectivity index (χ2n) is 5.19. The number of primary sulfonamides is 1. The van der Waals surface area contributed by atoms with Gasteiger partial charge in [-0.05, 0) is 55.2 Å². The molecule has 1 atom stereocenters. The third-order valence-electron chi connectivity index (χ3n) is 3.38. The molecule has 1 aliphatic heterocycles. The number of anilines is 1. The Morgan fingerprint density at radius 2 is 2.05 bits per heavy atom. The fourth-order valence-corrected chi connectivity index (χ4v) is 3.10. The zero-order valence-electron chi connectivity index (χ0n) is 11.4. The van der Waals surface area contributed by atoms with Gasteiger partial charge in [-0.3, -0.25) is 0 Å². The standard InChI is InChI=1S/C13H19N3O2S2/c1-10-3-2-8-16(9-10)13(19)15-11-4-6-12(7-5-11)20(14,17)18/h4-7,10H,2-3,8-9H2,1H3,(H,15,19)(H2,14,17,18)/t10-/m0/s1. The number of rotatable bonds is 2. The van der Waals surface area contributed by atoms with Gasteiger partial charge in [0.25, 0.3) is 0 Å². The number of piperidine rings is 1. The molecular weight excluding hydrogens is 294 g/mol. The van der Waals surface area contributed by atoms with E-state index in [1.807, 2.05) is 0 Å². The van der Waals surface area contributed by atoms with Crippen LogP contribution >= 0.6 is 12.2 Å². The molecule has 2 rings (SSSR count). The first-order valence-electron chi connectivity index (χ1n) is 6.55. The van der Waals surface area contributed by atoms with E-state index in [1.54, 1.807) is 12.1 Å². The topological polar surface area (TPSA) is 75.4 Å². The van der Waals surface area contributed by atoms with Crippen molar-refractivity contribution in [1.29, 1.82) is 0 Å². The largest absolute Gasteiger partial charge is 0.349 e. The Hall–Kier alpha value is -1.18. The minimum Gasteiger partial charge on any atom is -0.349 e. The second kappa shape index (κ2) is 6.07. The van der Waals surface area contributed by atoms with Crippen LogP contribution in [0.5, 0.6) is 0 Å². The van der Waals surface area contributed by atoms with Crippen LogP contribution < -0.4 is 10.5 Å². The van der Waals surface area contributed by atoms with Gasteiger partial charge in [0, 0.05) is 18.8 Å². The number of hydrogen-bond acceptors (Lipinski definition) is 3. The Morgan fingerprint density at radius 3 is 2.60 bits per heavy atom. The molecule has 5 nitrogen and oxygen atoms in total. The molecule has 1 fully saturated rings. The number of sulfonamides is 1. The van der Waals surface area contributed by atoms with Gasteiger partial charge < -0.3 is 10.2 Å². The van der Waals surface area contributed by atoms with Crippen molar-refractivity contribution in [3.05, 3.63) is 24.3 Å². The lowest BCUT2D eigenvalue weighted by Gasteiger charge is -2.33. The smallest absolute Gasteiger partial charge is 0.238 e. The lowest BCUT2D eigenvalue weighted by atomic mass is 10.0. The number of likely N-dealkylation sites (tertiary alicyclic amines) is 1. The summed E-state index contributed by atoms with van der Waals surface area (Å²) < 4.78 is 22.3. The van der Waals surface area contributed by atoms with Gasteiger partial charge in [-0.2, -0.15) is 0 Å². The first-order chi connectivity index (χ1) is 9.36. The predicted octanol–water partition coefficient (Wildman–Crippen LogP) is 1.76. The number of nitrogens with zero attached hydrogens (tertiary/aromatic N) is 1. The van der Waals surface area contributed by atoms with Crippen molar-refractivity contribution < 1.29 is 8.42 Å². The van der Waals surface area contributed by atoms with E-state index >= 15 is 0 Å². The van der Waals surface area contributed by atoms with Crippen molar-refractivity contribution in [3.8, 4) is 0 Å². The normalized spacial score (nSPS) is 19.7. The molecule has 1 heterocycles. The summed E-state index contributed by atoms with van der Waals surface area (Å²) in [7, 11) is -3.65. The quantitative estimate of drug-likeness (QED) is 0.814. The summed E-state index contributed by atoms with van der Waals surface area (Å²) >= 11 is 5.39. The minimum atomic E-state index is -3.65. The molecule has 7 heteroatoms. The predicted molar refractivity (Wildman–Crippen MR) is 84.0 cm³/mol. The van der Waals surface area contributed by atoms with Gasteiger partial charge >= 0.3 is 0 Å². The number of nitrogens with one attached hydrogen (secondary N) is 1. The molecule has 0 radical (unpaired) electrons. The Labute approximate surface area is 125 Å². The molecule has 0 bridgehead atoms. The maximum atomic E-state index is 11.2. The zero-order chi connectivity index (χ0) is 14.8. The summed E-state index contributed by atoms with van der Waals surface area (Å²) in [4.78, 5) is 2.25. The van der Waals surface area contributed by atoms with Crippen LogP contribution in [0.2, 0.25) is 0 Å². The van der Waals surface area contributed by atoms with Crippen LogP contribution in [0.4, 0.5) is 5.69 Å². The summed E-state index contributed by atoms with van der Waals surface area (Å²) in [6.45, 7) is 4.14. The van der Waals surface area contributed by atoms with Crippen LogP contribution in [-0.4, -0.2) is 31.5 Å². The highest BCUT2D eigenvalue weighted by molar-refractivity contribution is 7.89. The van der Waals surface area contributed by atoms with Gasteiger partial charge in [-0.15, -0.1) is 0 Å². The van der Waals surface area contributed by atoms with E-state index in [-0.39, 0.29) is 4.90 Å². The second-order valence-corrected chi connectivity index (χ2v) is 7.14. The van der Waals surface area contributed by atoms with E-state index in [1.165, 1.54) is 18.6 Å². The van der Waals surface area contributed by atoms with E-state index in [4.69, 9.17) is 17.4 Å². The molecule has 0 unspecified atom stereocenters. The van der Waals surface area contributed by atoms with Crippen molar-refractivity contribution in [2.24, 2.45) is 11.1 Å². The molecule has 110 valence electrons. The highest BCUT2D eigenvalue weighted by atomic mass is 32.2. The molecule has 0 aliphatic carbocycles. The molecule has 1 aliphatic rings. The van der Waals surface area contributed by atoms with Crippen molar-refractivity contribution >= 4 is 33.0 Å². The van der Waals surface area contributed by atoms with Gasteiger partial charge in [-0.1, -0.05) is 6.92 Å². The van der Waals surface area contributed by atoms with Crippen molar-refractivity contribution in [2.75, 3.05) is 18.4 Å². The lowest BCUT2D eigenvalue weighted by Crippen LogP contribution is -2.41. The molecule has 0 saturated carbocycles. The number of nitrogens with two attached hydrogens (primary N) is 1. The molecule has 0 aromatic heterocycles. The Balaban J connectivity index is 2.01. The van der Waals surface area contributed by atoms with Gasteiger partial charge in [0.2, 0.25) is 10.0 Å². The molecule has 1 saturated heterocycles. The Kier molecular flexibility index (Phi) is 4.62. The molecule has 1 aromatic rings. The third kappa shape index (κ3) is 3.91. The van der Waals surface area contributed by atoms with Crippen LogP contribution in [0.3, 0.4) is 0 Å². The summed E-state index contributed by atoms with van der Waals surface area (Å²) in [5.74, 6) is 0.647. The maximum Gasteiger partial charge on any atom is 0.238 e.